The van der Waals surface area contributed by atoms with Crippen molar-refractivity contribution in [2.24, 2.45) is 5.41 Å². The minimum atomic E-state index is 0.527. The molecule has 0 unspecified atom stereocenters. The first-order chi connectivity index (χ1) is 9.99. The van der Waals surface area contributed by atoms with Gasteiger partial charge in [0, 0.05) is 30.6 Å². The molecule has 1 aliphatic heterocycles. The molecule has 0 atom stereocenters. The summed E-state index contributed by atoms with van der Waals surface area (Å²) in [5.41, 5.74) is 1.79. The third-order valence-corrected chi connectivity index (χ3v) is 6.37. The molecule has 0 bridgehead atoms. The van der Waals surface area contributed by atoms with Crippen molar-refractivity contribution in [1.29, 1.82) is 0 Å². The molecule has 0 radical (unpaired) electrons. The van der Waals surface area contributed by atoms with Crippen LogP contribution in [0.2, 0.25) is 0 Å². The Labute approximate surface area is 134 Å². The first-order valence-corrected chi connectivity index (χ1v) is 9.26. The van der Waals surface area contributed by atoms with Crippen LogP contribution in [0.1, 0.15) is 63.9 Å². The predicted octanol–water partition coefficient (Wildman–Crippen LogP) is 4.36. The third kappa shape index (κ3) is 3.98. The van der Waals surface area contributed by atoms with E-state index in [2.05, 4.69) is 44.8 Å². The van der Waals surface area contributed by atoms with Gasteiger partial charge >= 0.3 is 0 Å². The molecule has 2 heterocycles. The topological polar surface area (TPSA) is 28.2 Å². The van der Waals surface area contributed by atoms with Gasteiger partial charge in [0.1, 0.15) is 0 Å². The summed E-state index contributed by atoms with van der Waals surface area (Å²) in [4.78, 5) is 8.71. The van der Waals surface area contributed by atoms with Gasteiger partial charge in [0.25, 0.3) is 0 Å². The van der Waals surface area contributed by atoms with Gasteiger partial charge in [0.15, 0.2) is 5.13 Å². The van der Waals surface area contributed by atoms with Crippen LogP contribution in [-0.2, 0) is 6.54 Å². The number of aromatic nitrogens is 1. The summed E-state index contributed by atoms with van der Waals surface area (Å²) in [6, 6.07) is 0.527. The number of piperidine rings is 1. The molecule has 0 aromatic carbocycles. The van der Waals surface area contributed by atoms with Gasteiger partial charge in [-0.15, -0.1) is 11.3 Å². The Morgan fingerprint density at radius 2 is 1.86 bits per heavy atom. The average molecular weight is 310 g/mol. The van der Waals surface area contributed by atoms with Crippen LogP contribution in [0.4, 0.5) is 5.13 Å². The van der Waals surface area contributed by atoms with Crippen LogP contribution < -0.4 is 10.2 Å². The van der Waals surface area contributed by atoms with Crippen molar-refractivity contribution in [2.45, 2.75) is 72.9 Å². The molecule has 1 aliphatic rings. The molecule has 0 saturated carbocycles. The summed E-state index contributed by atoms with van der Waals surface area (Å²) < 4.78 is 0. The molecule has 0 amide bonds. The standard InChI is InChI=1S/C17H31N3S/c1-6-17(7-2)8-10-20(11-9-17)16-19-14(5)15(21-16)12-18-13(3)4/h13,18H,6-12H2,1-5H3. The van der Waals surface area contributed by atoms with Gasteiger partial charge in [0.05, 0.1) is 5.69 Å². The molecular weight excluding hydrogens is 278 g/mol. The third-order valence-electron chi connectivity index (χ3n) is 5.15. The molecule has 3 nitrogen and oxygen atoms in total. The van der Waals surface area contributed by atoms with E-state index in [0.29, 0.717) is 11.5 Å². The smallest absolute Gasteiger partial charge is 0.185 e. The molecule has 21 heavy (non-hydrogen) atoms. The summed E-state index contributed by atoms with van der Waals surface area (Å²) >= 11 is 1.88. The van der Waals surface area contributed by atoms with Crippen molar-refractivity contribution in [3.05, 3.63) is 10.6 Å². The molecule has 1 saturated heterocycles. The van der Waals surface area contributed by atoms with Gasteiger partial charge in [-0.05, 0) is 25.2 Å². The van der Waals surface area contributed by atoms with E-state index >= 15 is 0 Å². The number of aryl methyl sites for hydroxylation is 1. The van der Waals surface area contributed by atoms with Crippen LogP contribution >= 0.6 is 11.3 Å². The van der Waals surface area contributed by atoms with Crippen molar-refractivity contribution in [3.63, 3.8) is 0 Å². The van der Waals surface area contributed by atoms with Crippen LogP contribution in [0.25, 0.3) is 0 Å². The molecule has 1 fully saturated rings. The number of hydrogen-bond acceptors (Lipinski definition) is 4. The molecule has 0 spiro atoms. The summed E-state index contributed by atoms with van der Waals surface area (Å²) in [6.45, 7) is 14.5. The Morgan fingerprint density at radius 1 is 1.24 bits per heavy atom. The zero-order chi connectivity index (χ0) is 15.5. The van der Waals surface area contributed by atoms with E-state index in [4.69, 9.17) is 4.98 Å². The maximum Gasteiger partial charge on any atom is 0.185 e. The second-order valence-corrected chi connectivity index (χ2v) is 7.80. The monoisotopic (exact) mass is 309 g/mol. The quantitative estimate of drug-likeness (QED) is 0.846. The zero-order valence-electron chi connectivity index (χ0n) is 14.3. The van der Waals surface area contributed by atoms with Crippen LogP contribution in [0.3, 0.4) is 0 Å². The molecule has 1 aromatic heterocycles. The SMILES string of the molecule is CCC1(CC)CCN(c2nc(C)c(CNC(C)C)s2)CC1. The Bertz CT molecular complexity index is 439. The number of rotatable bonds is 6. The Hall–Kier alpha value is -0.610. The summed E-state index contributed by atoms with van der Waals surface area (Å²) in [6.07, 6.45) is 5.27. The molecule has 2 rings (SSSR count). The highest BCUT2D eigenvalue weighted by atomic mass is 32.1. The maximum absolute atomic E-state index is 4.82. The van der Waals surface area contributed by atoms with Crippen molar-refractivity contribution < 1.29 is 0 Å². The largest absolute Gasteiger partial charge is 0.348 e. The van der Waals surface area contributed by atoms with Gasteiger partial charge in [-0.2, -0.15) is 0 Å². The molecule has 1 aromatic rings. The van der Waals surface area contributed by atoms with Crippen molar-refractivity contribution >= 4 is 16.5 Å². The molecule has 1 N–H and O–H groups in total. The highest BCUT2D eigenvalue weighted by Gasteiger charge is 2.32. The van der Waals surface area contributed by atoms with Crippen molar-refractivity contribution in [1.82, 2.24) is 10.3 Å². The zero-order valence-corrected chi connectivity index (χ0v) is 15.1. The Balaban J connectivity index is 1.99. The van der Waals surface area contributed by atoms with Gasteiger partial charge in [-0.1, -0.05) is 40.5 Å². The Kier molecular flexibility index (Phi) is 5.67. The van der Waals surface area contributed by atoms with E-state index in [1.807, 2.05) is 11.3 Å². The molecule has 120 valence electrons. The fourth-order valence-corrected chi connectivity index (χ4v) is 4.20. The van der Waals surface area contributed by atoms with Crippen molar-refractivity contribution in [2.75, 3.05) is 18.0 Å². The number of hydrogen-bond donors (Lipinski definition) is 1. The lowest BCUT2D eigenvalue weighted by Gasteiger charge is -2.40. The number of nitrogens with one attached hydrogen (secondary N) is 1. The highest BCUT2D eigenvalue weighted by molar-refractivity contribution is 7.15. The maximum atomic E-state index is 4.82. The van der Waals surface area contributed by atoms with E-state index < -0.39 is 0 Å². The van der Waals surface area contributed by atoms with E-state index in [1.54, 1.807) is 0 Å². The van der Waals surface area contributed by atoms with Crippen molar-refractivity contribution in [3.8, 4) is 0 Å². The number of thiazole rings is 1. The second kappa shape index (κ2) is 7.10. The van der Waals surface area contributed by atoms with E-state index in [9.17, 15) is 0 Å². The normalized spacial score (nSPS) is 18.5. The number of nitrogens with zero attached hydrogens (tertiary/aromatic N) is 2. The first kappa shape index (κ1) is 16.8. The van der Waals surface area contributed by atoms with E-state index in [0.717, 1.165) is 6.54 Å². The summed E-state index contributed by atoms with van der Waals surface area (Å²) in [5.74, 6) is 0. The van der Waals surface area contributed by atoms with Gasteiger partial charge < -0.3 is 10.2 Å². The van der Waals surface area contributed by atoms with Crippen LogP contribution in [0.5, 0.6) is 0 Å². The number of anilines is 1. The first-order valence-electron chi connectivity index (χ1n) is 8.44. The predicted molar refractivity (Wildman–Crippen MR) is 93.3 cm³/mol. The lowest BCUT2D eigenvalue weighted by molar-refractivity contribution is 0.199. The van der Waals surface area contributed by atoms with Crippen LogP contribution in [0, 0.1) is 12.3 Å². The lowest BCUT2D eigenvalue weighted by Crippen LogP contribution is -2.39. The highest BCUT2D eigenvalue weighted by Crippen LogP contribution is 2.40. The van der Waals surface area contributed by atoms with E-state index in [1.165, 1.54) is 54.5 Å². The second-order valence-electron chi connectivity index (χ2n) is 6.73. The molecular formula is C17H31N3S. The minimum Gasteiger partial charge on any atom is -0.348 e. The van der Waals surface area contributed by atoms with Crippen LogP contribution in [-0.4, -0.2) is 24.1 Å². The van der Waals surface area contributed by atoms with Gasteiger partial charge in [0.2, 0.25) is 0 Å². The Morgan fingerprint density at radius 3 is 2.38 bits per heavy atom. The fraction of sp³-hybridized carbons (Fsp3) is 0.824. The molecule has 0 aliphatic carbocycles. The lowest BCUT2D eigenvalue weighted by atomic mass is 9.74. The minimum absolute atomic E-state index is 0.527. The van der Waals surface area contributed by atoms with Gasteiger partial charge in [-0.25, -0.2) is 4.98 Å². The summed E-state index contributed by atoms with van der Waals surface area (Å²) in [5, 5.41) is 4.73. The average Bonchev–Trinajstić information content (AvgIpc) is 2.86. The fourth-order valence-electron chi connectivity index (χ4n) is 3.14. The van der Waals surface area contributed by atoms with Gasteiger partial charge in [-0.3, -0.25) is 0 Å². The molecule has 4 heteroatoms. The summed E-state index contributed by atoms with van der Waals surface area (Å²) in [7, 11) is 0. The van der Waals surface area contributed by atoms with Crippen LogP contribution in [0.15, 0.2) is 0 Å². The van der Waals surface area contributed by atoms with E-state index in [-0.39, 0.29) is 0 Å².